The Hall–Kier alpha value is -2.70. The van der Waals surface area contributed by atoms with E-state index in [0.717, 1.165) is 0 Å². The van der Waals surface area contributed by atoms with Gasteiger partial charge in [-0.15, -0.1) is 0 Å². The van der Waals surface area contributed by atoms with Crippen LogP contribution in [-0.4, -0.2) is 20.4 Å². The Labute approximate surface area is 102 Å². The highest BCUT2D eigenvalue weighted by atomic mass is 16.6. The van der Waals surface area contributed by atoms with Crippen molar-refractivity contribution in [2.75, 3.05) is 0 Å². The number of carbonyl (C=O) groups excluding carboxylic acids is 1. The van der Waals surface area contributed by atoms with Crippen molar-refractivity contribution < 1.29 is 14.1 Å². The summed E-state index contributed by atoms with van der Waals surface area (Å²) in [5.41, 5.74) is 0. The second-order valence-electron chi connectivity index (χ2n) is 3.44. The van der Waals surface area contributed by atoms with Crippen LogP contribution in [0.25, 0.3) is 12.2 Å². The highest BCUT2D eigenvalue weighted by Crippen LogP contribution is 2.17. The lowest BCUT2D eigenvalue weighted by atomic mass is 10.4. The molecule has 0 unspecified atom stereocenters. The number of aromatic nitrogens is 2. The Morgan fingerprint density at radius 1 is 1.50 bits per heavy atom. The molecule has 92 valence electrons. The molecule has 0 aliphatic carbocycles. The van der Waals surface area contributed by atoms with Gasteiger partial charge < -0.3 is 4.42 Å². The first kappa shape index (κ1) is 11.8. The summed E-state index contributed by atoms with van der Waals surface area (Å²) in [4.78, 5) is 25.0. The molecular formula is C11H9N3O4. The summed E-state index contributed by atoms with van der Waals surface area (Å²) in [5, 5.41) is 10.4. The molecule has 0 atom stereocenters. The van der Waals surface area contributed by atoms with Crippen LogP contribution in [0.4, 0.5) is 5.88 Å². The van der Waals surface area contributed by atoms with Gasteiger partial charge in [-0.1, -0.05) is 0 Å². The number of furan rings is 1. The summed E-state index contributed by atoms with van der Waals surface area (Å²) in [6.45, 7) is 1.41. The SMILES string of the molecule is CC(=O)n1ccnc1C=Cc1ccc([N+](=O)[O-])o1. The van der Waals surface area contributed by atoms with Crippen LogP contribution in [0.2, 0.25) is 0 Å². The van der Waals surface area contributed by atoms with Crippen LogP contribution in [0.5, 0.6) is 0 Å². The molecule has 0 aromatic carbocycles. The molecule has 18 heavy (non-hydrogen) atoms. The van der Waals surface area contributed by atoms with E-state index in [1.165, 1.54) is 42.1 Å². The molecule has 2 heterocycles. The molecule has 7 heteroatoms. The Kier molecular flexibility index (Phi) is 3.05. The summed E-state index contributed by atoms with van der Waals surface area (Å²) in [6, 6.07) is 2.73. The number of hydrogen-bond acceptors (Lipinski definition) is 5. The normalized spacial score (nSPS) is 10.9. The quantitative estimate of drug-likeness (QED) is 0.612. The van der Waals surface area contributed by atoms with Crippen molar-refractivity contribution in [2.24, 2.45) is 0 Å². The molecule has 0 fully saturated rings. The Morgan fingerprint density at radius 2 is 2.28 bits per heavy atom. The summed E-state index contributed by atoms with van der Waals surface area (Å²) in [5.74, 6) is 0.253. The van der Waals surface area contributed by atoms with E-state index < -0.39 is 4.92 Å². The van der Waals surface area contributed by atoms with Gasteiger partial charge >= 0.3 is 5.88 Å². The van der Waals surface area contributed by atoms with Crippen LogP contribution in [0, 0.1) is 10.1 Å². The standard InChI is InChI=1S/C11H9N3O4/c1-8(15)13-7-6-12-10(13)4-2-9-3-5-11(18-9)14(16)17/h2-7H,1H3. The van der Waals surface area contributed by atoms with Crippen molar-refractivity contribution in [1.29, 1.82) is 0 Å². The predicted octanol–water partition coefficient (Wildman–Crippen LogP) is 2.21. The molecule has 0 spiro atoms. The second-order valence-corrected chi connectivity index (χ2v) is 3.44. The molecule has 0 saturated carbocycles. The fourth-order valence-corrected chi connectivity index (χ4v) is 1.39. The molecule has 0 N–H and O–H groups in total. The highest BCUT2D eigenvalue weighted by molar-refractivity contribution is 5.79. The summed E-state index contributed by atoms with van der Waals surface area (Å²) < 4.78 is 6.29. The molecular weight excluding hydrogens is 238 g/mol. The monoisotopic (exact) mass is 247 g/mol. The van der Waals surface area contributed by atoms with Crippen LogP contribution >= 0.6 is 0 Å². The average molecular weight is 247 g/mol. The molecule has 2 aromatic rings. The van der Waals surface area contributed by atoms with Crippen LogP contribution in [0.1, 0.15) is 23.3 Å². The van der Waals surface area contributed by atoms with Crippen molar-refractivity contribution in [3.63, 3.8) is 0 Å². The van der Waals surface area contributed by atoms with E-state index in [1.807, 2.05) is 0 Å². The summed E-state index contributed by atoms with van der Waals surface area (Å²) in [6.07, 6.45) is 6.08. The van der Waals surface area contributed by atoms with E-state index in [2.05, 4.69) is 4.98 Å². The summed E-state index contributed by atoms with van der Waals surface area (Å²) >= 11 is 0. The lowest BCUT2D eigenvalue weighted by Gasteiger charge is -1.96. The van der Waals surface area contributed by atoms with Gasteiger partial charge in [0.15, 0.2) is 0 Å². The van der Waals surface area contributed by atoms with Gasteiger partial charge in [0, 0.05) is 19.3 Å². The van der Waals surface area contributed by atoms with Gasteiger partial charge in [-0.3, -0.25) is 19.5 Å². The molecule has 7 nitrogen and oxygen atoms in total. The maximum absolute atomic E-state index is 11.2. The van der Waals surface area contributed by atoms with Crippen molar-refractivity contribution >= 4 is 23.9 Å². The summed E-state index contributed by atoms with van der Waals surface area (Å²) in [7, 11) is 0. The van der Waals surface area contributed by atoms with Gasteiger partial charge in [0.2, 0.25) is 5.91 Å². The number of carbonyl (C=O) groups is 1. The first-order valence-electron chi connectivity index (χ1n) is 5.04. The molecule has 0 saturated heterocycles. The fourth-order valence-electron chi connectivity index (χ4n) is 1.39. The van der Waals surface area contributed by atoms with E-state index in [4.69, 9.17) is 4.42 Å². The lowest BCUT2D eigenvalue weighted by molar-refractivity contribution is -0.402. The van der Waals surface area contributed by atoms with E-state index >= 15 is 0 Å². The number of nitro groups is 1. The second kappa shape index (κ2) is 4.66. The minimum Gasteiger partial charge on any atom is -0.401 e. The van der Waals surface area contributed by atoms with Gasteiger partial charge in [0.25, 0.3) is 0 Å². The Morgan fingerprint density at radius 3 is 2.89 bits per heavy atom. The zero-order valence-corrected chi connectivity index (χ0v) is 9.44. The minimum atomic E-state index is -0.617. The third-order valence-corrected chi connectivity index (χ3v) is 2.20. The maximum Gasteiger partial charge on any atom is 0.433 e. The third-order valence-electron chi connectivity index (χ3n) is 2.20. The minimum absolute atomic E-state index is 0.169. The fraction of sp³-hybridized carbons (Fsp3) is 0.0909. The van der Waals surface area contributed by atoms with Crippen molar-refractivity contribution in [3.05, 3.63) is 46.2 Å². The number of hydrogen-bond donors (Lipinski definition) is 0. The van der Waals surface area contributed by atoms with Crippen molar-refractivity contribution in [3.8, 4) is 0 Å². The van der Waals surface area contributed by atoms with E-state index in [9.17, 15) is 14.9 Å². The van der Waals surface area contributed by atoms with Crippen LogP contribution in [-0.2, 0) is 0 Å². The first-order valence-corrected chi connectivity index (χ1v) is 5.04. The van der Waals surface area contributed by atoms with E-state index in [1.54, 1.807) is 6.08 Å². The molecule has 0 radical (unpaired) electrons. The third kappa shape index (κ3) is 2.34. The molecule has 0 bridgehead atoms. The molecule has 2 aromatic heterocycles. The number of imidazole rings is 1. The molecule has 2 rings (SSSR count). The lowest BCUT2D eigenvalue weighted by Crippen LogP contribution is -2.05. The van der Waals surface area contributed by atoms with Crippen molar-refractivity contribution in [2.45, 2.75) is 6.92 Å². The van der Waals surface area contributed by atoms with Gasteiger partial charge in [-0.05, 0) is 18.2 Å². The smallest absolute Gasteiger partial charge is 0.401 e. The van der Waals surface area contributed by atoms with E-state index in [-0.39, 0.29) is 11.8 Å². The van der Waals surface area contributed by atoms with Crippen molar-refractivity contribution in [1.82, 2.24) is 9.55 Å². The predicted molar refractivity (Wildman–Crippen MR) is 62.8 cm³/mol. The van der Waals surface area contributed by atoms with Gasteiger partial charge in [0.1, 0.15) is 16.5 Å². The topological polar surface area (TPSA) is 91.2 Å². The zero-order chi connectivity index (χ0) is 13.1. The van der Waals surface area contributed by atoms with Crippen LogP contribution < -0.4 is 0 Å². The first-order chi connectivity index (χ1) is 8.58. The van der Waals surface area contributed by atoms with Gasteiger partial charge in [-0.2, -0.15) is 0 Å². The molecule has 0 aliphatic rings. The van der Waals surface area contributed by atoms with Gasteiger partial charge in [-0.25, -0.2) is 4.98 Å². The zero-order valence-electron chi connectivity index (χ0n) is 9.44. The van der Waals surface area contributed by atoms with Gasteiger partial charge in [0.05, 0.1) is 6.07 Å². The largest absolute Gasteiger partial charge is 0.433 e. The highest BCUT2D eigenvalue weighted by Gasteiger charge is 2.10. The Balaban J connectivity index is 2.22. The Bertz CT molecular complexity index is 624. The number of nitrogens with zero attached hydrogens (tertiary/aromatic N) is 3. The average Bonchev–Trinajstić information content (AvgIpc) is 2.95. The van der Waals surface area contributed by atoms with Crippen LogP contribution in [0.15, 0.2) is 28.9 Å². The van der Waals surface area contributed by atoms with Crippen LogP contribution in [0.3, 0.4) is 0 Å². The molecule has 0 aliphatic heterocycles. The maximum atomic E-state index is 11.2. The molecule has 0 amide bonds. The van der Waals surface area contributed by atoms with E-state index in [0.29, 0.717) is 11.6 Å². The number of rotatable bonds is 3.